The van der Waals surface area contributed by atoms with Gasteiger partial charge in [-0.3, -0.25) is 0 Å². The van der Waals surface area contributed by atoms with E-state index in [1.54, 1.807) is 6.92 Å². The standard InChI is InChI=1S/C9H8BrFO3/c1-2-14-9(13)5-3-6(10)8(12)7(11)4-5/h3-4,12H,2H2,1H3. The van der Waals surface area contributed by atoms with Crippen molar-refractivity contribution in [2.75, 3.05) is 6.61 Å². The first-order valence-electron chi connectivity index (χ1n) is 3.91. The smallest absolute Gasteiger partial charge is 0.338 e. The van der Waals surface area contributed by atoms with Crippen molar-refractivity contribution in [3.63, 3.8) is 0 Å². The molecule has 1 aromatic carbocycles. The van der Waals surface area contributed by atoms with Crippen molar-refractivity contribution in [2.24, 2.45) is 0 Å². The molecule has 76 valence electrons. The minimum atomic E-state index is -0.859. The Kier molecular flexibility index (Phi) is 3.46. The lowest BCUT2D eigenvalue weighted by molar-refractivity contribution is 0.0525. The number of halogens is 2. The first kappa shape index (κ1) is 11.0. The highest BCUT2D eigenvalue weighted by molar-refractivity contribution is 9.10. The van der Waals surface area contributed by atoms with Crippen molar-refractivity contribution >= 4 is 21.9 Å². The van der Waals surface area contributed by atoms with Crippen LogP contribution in [0.3, 0.4) is 0 Å². The number of phenols is 1. The lowest BCUT2D eigenvalue weighted by Gasteiger charge is -2.04. The summed E-state index contributed by atoms with van der Waals surface area (Å²) < 4.78 is 17.7. The normalized spacial score (nSPS) is 9.93. The minimum Gasteiger partial charge on any atom is -0.504 e. The van der Waals surface area contributed by atoms with Crippen LogP contribution in [0.1, 0.15) is 17.3 Å². The highest BCUT2D eigenvalue weighted by Crippen LogP contribution is 2.28. The van der Waals surface area contributed by atoms with E-state index >= 15 is 0 Å². The fourth-order valence-corrected chi connectivity index (χ4v) is 1.33. The van der Waals surface area contributed by atoms with Crippen LogP contribution in [0.2, 0.25) is 0 Å². The number of esters is 1. The Bertz CT molecular complexity index is 342. The van der Waals surface area contributed by atoms with E-state index < -0.39 is 17.5 Å². The van der Waals surface area contributed by atoms with Gasteiger partial charge in [0.25, 0.3) is 0 Å². The third-order valence-corrected chi connectivity index (χ3v) is 2.13. The van der Waals surface area contributed by atoms with Crippen molar-refractivity contribution in [1.29, 1.82) is 0 Å². The summed E-state index contributed by atoms with van der Waals surface area (Å²) in [4.78, 5) is 11.2. The predicted molar refractivity (Wildman–Crippen MR) is 51.7 cm³/mol. The van der Waals surface area contributed by atoms with E-state index in [2.05, 4.69) is 20.7 Å². The van der Waals surface area contributed by atoms with Crippen LogP contribution in [0, 0.1) is 5.82 Å². The highest BCUT2D eigenvalue weighted by atomic mass is 79.9. The van der Waals surface area contributed by atoms with Crippen molar-refractivity contribution in [3.05, 3.63) is 28.0 Å². The Morgan fingerprint density at radius 2 is 2.29 bits per heavy atom. The molecule has 0 heterocycles. The molecule has 0 aromatic heterocycles. The molecule has 5 heteroatoms. The van der Waals surface area contributed by atoms with E-state index in [0.29, 0.717) is 0 Å². The van der Waals surface area contributed by atoms with Gasteiger partial charge in [-0.15, -0.1) is 0 Å². The van der Waals surface area contributed by atoms with Gasteiger partial charge in [0, 0.05) is 0 Å². The lowest BCUT2D eigenvalue weighted by Crippen LogP contribution is -2.05. The predicted octanol–water partition coefficient (Wildman–Crippen LogP) is 2.47. The fourth-order valence-electron chi connectivity index (χ4n) is 0.898. The minimum absolute atomic E-state index is 0.0639. The lowest BCUT2D eigenvalue weighted by atomic mass is 10.2. The SMILES string of the molecule is CCOC(=O)c1cc(F)c(O)c(Br)c1. The maximum absolute atomic E-state index is 13.0. The molecule has 1 N–H and O–H groups in total. The number of carbonyl (C=O) groups is 1. The van der Waals surface area contributed by atoms with E-state index in [0.717, 1.165) is 6.07 Å². The van der Waals surface area contributed by atoms with Gasteiger partial charge in [0.15, 0.2) is 11.6 Å². The maximum Gasteiger partial charge on any atom is 0.338 e. The van der Waals surface area contributed by atoms with E-state index in [-0.39, 0.29) is 16.6 Å². The van der Waals surface area contributed by atoms with E-state index in [1.807, 2.05) is 0 Å². The van der Waals surface area contributed by atoms with Gasteiger partial charge in [0.2, 0.25) is 0 Å². The molecule has 0 aliphatic heterocycles. The number of hydrogen-bond donors (Lipinski definition) is 1. The van der Waals surface area contributed by atoms with Crippen molar-refractivity contribution in [2.45, 2.75) is 6.92 Å². The molecule has 0 amide bonds. The second-order valence-corrected chi connectivity index (χ2v) is 3.36. The van der Waals surface area contributed by atoms with Gasteiger partial charge in [0.05, 0.1) is 16.6 Å². The number of aromatic hydroxyl groups is 1. The molecular formula is C9H8BrFO3. The monoisotopic (exact) mass is 262 g/mol. The van der Waals surface area contributed by atoms with E-state index in [9.17, 15) is 9.18 Å². The summed E-state index contributed by atoms with van der Waals surface area (Å²) >= 11 is 2.92. The van der Waals surface area contributed by atoms with Crippen LogP contribution < -0.4 is 0 Å². The molecule has 14 heavy (non-hydrogen) atoms. The molecule has 0 fully saturated rings. The summed E-state index contributed by atoms with van der Waals surface area (Å²) in [7, 11) is 0. The van der Waals surface area contributed by atoms with Gasteiger partial charge in [0.1, 0.15) is 0 Å². The maximum atomic E-state index is 13.0. The Balaban J connectivity index is 3.06. The third-order valence-electron chi connectivity index (χ3n) is 1.53. The zero-order valence-electron chi connectivity index (χ0n) is 7.38. The van der Waals surface area contributed by atoms with Gasteiger partial charge < -0.3 is 9.84 Å². The van der Waals surface area contributed by atoms with E-state index in [4.69, 9.17) is 5.11 Å². The molecule has 0 bridgehead atoms. The molecular weight excluding hydrogens is 255 g/mol. The summed E-state index contributed by atoms with van der Waals surface area (Å²) in [5.41, 5.74) is 0.0639. The van der Waals surface area contributed by atoms with Crippen molar-refractivity contribution in [1.82, 2.24) is 0 Å². The van der Waals surface area contributed by atoms with Gasteiger partial charge in [-0.25, -0.2) is 9.18 Å². The third kappa shape index (κ3) is 2.23. The number of phenolic OH excluding ortho intramolecular Hbond substituents is 1. The van der Waals surface area contributed by atoms with Gasteiger partial charge in [-0.1, -0.05) is 0 Å². The molecule has 0 radical (unpaired) electrons. The molecule has 0 spiro atoms. The summed E-state index contributed by atoms with van der Waals surface area (Å²) in [6, 6.07) is 2.23. The first-order chi connectivity index (χ1) is 6.56. The van der Waals surface area contributed by atoms with Crippen molar-refractivity contribution in [3.8, 4) is 5.75 Å². The largest absolute Gasteiger partial charge is 0.504 e. The topological polar surface area (TPSA) is 46.5 Å². The van der Waals surface area contributed by atoms with Gasteiger partial charge in [-0.05, 0) is 35.0 Å². The zero-order chi connectivity index (χ0) is 10.7. The summed E-state index contributed by atoms with van der Waals surface area (Å²) in [5.74, 6) is -1.99. The van der Waals surface area contributed by atoms with Crippen LogP contribution in [0.4, 0.5) is 4.39 Å². The van der Waals surface area contributed by atoms with Crippen LogP contribution >= 0.6 is 15.9 Å². The molecule has 0 saturated heterocycles. The second-order valence-electron chi connectivity index (χ2n) is 2.51. The average molecular weight is 263 g/mol. The summed E-state index contributed by atoms with van der Waals surface area (Å²) in [6.45, 7) is 1.88. The summed E-state index contributed by atoms with van der Waals surface area (Å²) in [6.07, 6.45) is 0. The molecule has 0 aliphatic rings. The number of carbonyl (C=O) groups excluding carboxylic acids is 1. The molecule has 1 rings (SSSR count). The van der Waals surface area contributed by atoms with Crippen LogP contribution in [0.5, 0.6) is 5.75 Å². The Morgan fingerprint density at radius 3 is 2.79 bits per heavy atom. The van der Waals surface area contributed by atoms with Gasteiger partial charge >= 0.3 is 5.97 Å². The molecule has 3 nitrogen and oxygen atoms in total. The summed E-state index contributed by atoms with van der Waals surface area (Å²) in [5, 5.41) is 9.07. The number of benzene rings is 1. The van der Waals surface area contributed by atoms with Gasteiger partial charge in [-0.2, -0.15) is 0 Å². The van der Waals surface area contributed by atoms with E-state index in [1.165, 1.54) is 6.07 Å². The van der Waals surface area contributed by atoms with Crippen LogP contribution in [-0.2, 0) is 4.74 Å². The number of ether oxygens (including phenoxy) is 1. The number of hydrogen-bond acceptors (Lipinski definition) is 3. The molecule has 0 unspecified atom stereocenters. The molecule has 0 atom stereocenters. The highest BCUT2D eigenvalue weighted by Gasteiger charge is 2.13. The Hall–Kier alpha value is -1.10. The Labute approximate surface area is 88.6 Å². The second kappa shape index (κ2) is 4.41. The van der Waals surface area contributed by atoms with Crippen LogP contribution in [0.25, 0.3) is 0 Å². The molecule has 1 aromatic rings. The zero-order valence-corrected chi connectivity index (χ0v) is 8.97. The quantitative estimate of drug-likeness (QED) is 0.834. The van der Waals surface area contributed by atoms with Crippen molar-refractivity contribution < 1.29 is 19.0 Å². The first-order valence-corrected chi connectivity index (χ1v) is 4.70. The van der Waals surface area contributed by atoms with Crippen LogP contribution in [-0.4, -0.2) is 17.7 Å². The Morgan fingerprint density at radius 1 is 1.64 bits per heavy atom. The molecule has 0 aliphatic carbocycles. The number of rotatable bonds is 2. The average Bonchev–Trinajstić information content (AvgIpc) is 2.13. The fraction of sp³-hybridized carbons (Fsp3) is 0.222. The molecule has 0 saturated carbocycles. The van der Waals surface area contributed by atoms with Crippen LogP contribution in [0.15, 0.2) is 16.6 Å².